The van der Waals surface area contributed by atoms with E-state index in [4.69, 9.17) is 10.00 Å². The molecular weight excluding hydrogens is 216 g/mol. The summed E-state index contributed by atoms with van der Waals surface area (Å²) in [4.78, 5) is 0. The first kappa shape index (κ1) is 11.9. The fraction of sp³-hybridized carbons (Fsp3) is 0.667. The molecule has 2 unspecified atom stereocenters. The molecule has 1 aromatic rings. The summed E-state index contributed by atoms with van der Waals surface area (Å²) in [5.41, 5.74) is 1.42. The predicted octanol–water partition coefficient (Wildman–Crippen LogP) is 1.44. The van der Waals surface area contributed by atoms with E-state index in [9.17, 15) is 0 Å². The molecule has 0 bridgehead atoms. The highest BCUT2D eigenvalue weighted by Crippen LogP contribution is 2.23. The third kappa shape index (κ3) is 2.27. The second-order valence-corrected chi connectivity index (χ2v) is 4.64. The summed E-state index contributed by atoms with van der Waals surface area (Å²) < 4.78 is 7.16. The average Bonchev–Trinajstić information content (AvgIpc) is 2.56. The lowest BCUT2D eigenvalue weighted by atomic mass is 9.98. The second kappa shape index (κ2) is 4.76. The van der Waals surface area contributed by atoms with Crippen molar-refractivity contribution in [2.24, 2.45) is 13.0 Å². The van der Waals surface area contributed by atoms with Crippen LogP contribution in [0, 0.1) is 24.2 Å². The number of nitrogens with zero attached hydrogens (tertiary/aromatic N) is 3. The number of hydrogen-bond donors (Lipinski definition) is 1. The van der Waals surface area contributed by atoms with Crippen LogP contribution in [0.2, 0.25) is 0 Å². The van der Waals surface area contributed by atoms with E-state index in [1.54, 1.807) is 4.68 Å². The van der Waals surface area contributed by atoms with Crippen molar-refractivity contribution in [2.75, 3.05) is 18.5 Å². The molecule has 0 aliphatic carbocycles. The van der Waals surface area contributed by atoms with Crippen LogP contribution < -0.4 is 5.32 Å². The number of ether oxygens (including phenoxy) is 1. The maximum atomic E-state index is 9.14. The Balaban J connectivity index is 2.21. The SMILES string of the molecule is Cc1nn(C)c(NC2CCOCC2C)c1C#N. The van der Waals surface area contributed by atoms with Crippen LogP contribution in [0.25, 0.3) is 0 Å². The smallest absolute Gasteiger partial charge is 0.142 e. The van der Waals surface area contributed by atoms with Crippen molar-refractivity contribution in [1.82, 2.24) is 9.78 Å². The number of aryl methyl sites for hydroxylation is 2. The van der Waals surface area contributed by atoms with Gasteiger partial charge in [-0.25, -0.2) is 0 Å². The highest BCUT2D eigenvalue weighted by molar-refractivity contribution is 5.55. The predicted molar refractivity (Wildman–Crippen MR) is 64.7 cm³/mol. The molecule has 1 fully saturated rings. The molecular formula is C12H18N4O. The summed E-state index contributed by atoms with van der Waals surface area (Å²) in [6, 6.07) is 2.56. The maximum absolute atomic E-state index is 9.14. The van der Waals surface area contributed by atoms with Gasteiger partial charge in [-0.1, -0.05) is 6.92 Å². The second-order valence-electron chi connectivity index (χ2n) is 4.64. The number of nitriles is 1. The maximum Gasteiger partial charge on any atom is 0.142 e. The van der Waals surface area contributed by atoms with Gasteiger partial charge in [0.15, 0.2) is 0 Å². The molecule has 0 radical (unpaired) electrons. The van der Waals surface area contributed by atoms with Gasteiger partial charge in [-0.15, -0.1) is 0 Å². The van der Waals surface area contributed by atoms with Gasteiger partial charge < -0.3 is 10.1 Å². The van der Waals surface area contributed by atoms with Crippen molar-refractivity contribution in [3.63, 3.8) is 0 Å². The fourth-order valence-electron chi connectivity index (χ4n) is 2.23. The van der Waals surface area contributed by atoms with Crippen LogP contribution in [0.4, 0.5) is 5.82 Å². The minimum atomic E-state index is 0.352. The number of hydrogen-bond acceptors (Lipinski definition) is 4. The molecule has 0 amide bonds. The average molecular weight is 234 g/mol. The molecule has 5 heteroatoms. The van der Waals surface area contributed by atoms with Gasteiger partial charge in [0.2, 0.25) is 0 Å². The number of rotatable bonds is 2. The van der Waals surface area contributed by atoms with Gasteiger partial charge in [-0.3, -0.25) is 4.68 Å². The summed E-state index contributed by atoms with van der Waals surface area (Å²) >= 11 is 0. The van der Waals surface area contributed by atoms with Gasteiger partial charge in [-0.2, -0.15) is 10.4 Å². The number of aromatic nitrogens is 2. The van der Waals surface area contributed by atoms with Gasteiger partial charge in [0, 0.05) is 19.7 Å². The Morgan fingerprint density at radius 2 is 2.35 bits per heavy atom. The summed E-state index contributed by atoms with van der Waals surface area (Å²) in [6.45, 7) is 5.57. The molecule has 2 heterocycles. The molecule has 2 rings (SSSR count). The first-order chi connectivity index (χ1) is 8.13. The highest BCUT2D eigenvalue weighted by Gasteiger charge is 2.24. The zero-order valence-electron chi connectivity index (χ0n) is 10.5. The van der Waals surface area contributed by atoms with Crippen LogP contribution in [-0.2, 0) is 11.8 Å². The van der Waals surface area contributed by atoms with Crippen molar-refractivity contribution < 1.29 is 4.74 Å². The Morgan fingerprint density at radius 3 is 3.00 bits per heavy atom. The minimum absolute atomic E-state index is 0.352. The molecule has 1 aromatic heterocycles. The molecule has 1 saturated heterocycles. The first-order valence-corrected chi connectivity index (χ1v) is 5.91. The molecule has 17 heavy (non-hydrogen) atoms. The van der Waals surface area contributed by atoms with Gasteiger partial charge in [0.1, 0.15) is 17.5 Å². The van der Waals surface area contributed by atoms with Crippen LogP contribution in [0.5, 0.6) is 0 Å². The Bertz CT molecular complexity index is 446. The van der Waals surface area contributed by atoms with Crippen LogP contribution in [-0.4, -0.2) is 29.0 Å². The number of anilines is 1. The standard InChI is InChI=1S/C12H18N4O/c1-8-7-17-5-4-11(8)14-12-10(6-13)9(2)15-16(12)3/h8,11,14H,4-5,7H2,1-3H3. The quantitative estimate of drug-likeness (QED) is 0.841. The van der Waals surface area contributed by atoms with E-state index in [2.05, 4.69) is 23.4 Å². The van der Waals surface area contributed by atoms with Crippen LogP contribution in [0.1, 0.15) is 24.6 Å². The van der Waals surface area contributed by atoms with Crippen molar-refractivity contribution in [2.45, 2.75) is 26.3 Å². The lowest BCUT2D eigenvalue weighted by Gasteiger charge is -2.30. The van der Waals surface area contributed by atoms with E-state index in [1.165, 1.54) is 0 Å². The first-order valence-electron chi connectivity index (χ1n) is 5.91. The Kier molecular flexibility index (Phi) is 3.34. The third-order valence-electron chi connectivity index (χ3n) is 3.30. The summed E-state index contributed by atoms with van der Waals surface area (Å²) in [5.74, 6) is 1.27. The van der Waals surface area contributed by atoms with E-state index < -0.39 is 0 Å². The lowest BCUT2D eigenvalue weighted by molar-refractivity contribution is 0.0536. The molecule has 2 atom stereocenters. The molecule has 0 saturated carbocycles. The normalized spacial score (nSPS) is 24.4. The van der Waals surface area contributed by atoms with E-state index >= 15 is 0 Å². The number of nitrogens with one attached hydrogen (secondary N) is 1. The Morgan fingerprint density at radius 1 is 1.59 bits per heavy atom. The van der Waals surface area contributed by atoms with Crippen molar-refractivity contribution in [1.29, 1.82) is 5.26 Å². The lowest BCUT2D eigenvalue weighted by Crippen LogP contribution is -2.36. The zero-order chi connectivity index (χ0) is 12.4. The van der Waals surface area contributed by atoms with Crippen molar-refractivity contribution in [3.05, 3.63) is 11.3 Å². The molecule has 1 aliphatic heterocycles. The minimum Gasteiger partial charge on any atom is -0.381 e. The van der Waals surface area contributed by atoms with Crippen LogP contribution >= 0.6 is 0 Å². The Labute approximate surface area is 101 Å². The summed E-state index contributed by atoms with van der Waals surface area (Å²) in [7, 11) is 1.86. The van der Waals surface area contributed by atoms with Gasteiger partial charge in [-0.05, 0) is 19.3 Å². The highest BCUT2D eigenvalue weighted by atomic mass is 16.5. The third-order valence-corrected chi connectivity index (χ3v) is 3.30. The molecule has 1 N–H and O–H groups in total. The summed E-state index contributed by atoms with van der Waals surface area (Å²) in [6.07, 6.45) is 0.969. The van der Waals surface area contributed by atoms with E-state index in [1.807, 2.05) is 14.0 Å². The fourth-order valence-corrected chi connectivity index (χ4v) is 2.23. The molecule has 1 aliphatic rings. The van der Waals surface area contributed by atoms with Crippen LogP contribution in [0.15, 0.2) is 0 Å². The molecule has 92 valence electrons. The zero-order valence-corrected chi connectivity index (χ0v) is 10.5. The van der Waals surface area contributed by atoms with E-state index in [0.717, 1.165) is 31.1 Å². The largest absolute Gasteiger partial charge is 0.381 e. The molecule has 0 spiro atoms. The van der Waals surface area contributed by atoms with Crippen molar-refractivity contribution >= 4 is 5.82 Å². The van der Waals surface area contributed by atoms with E-state index in [0.29, 0.717) is 17.5 Å². The van der Waals surface area contributed by atoms with Gasteiger partial charge in [0.25, 0.3) is 0 Å². The van der Waals surface area contributed by atoms with E-state index in [-0.39, 0.29) is 0 Å². The van der Waals surface area contributed by atoms with Gasteiger partial charge in [0.05, 0.1) is 12.3 Å². The van der Waals surface area contributed by atoms with Crippen LogP contribution in [0.3, 0.4) is 0 Å². The van der Waals surface area contributed by atoms with Gasteiger partial charge >= 0.3 is 0 Å². The monoisotopic (exact) mass is 234 g/mol. The molecule has 5 nitrogen and oxygen atoms in total. The molecule has 0 aromatic carbocycles. The Hall–Kier alpha value is -1.54. The van der Waals surface area contributed by atoms with Crippen molar-refractivity contribution in [3.8, 4) is 6.07 Å². The summed E-state index contributed by atoms with van der Waals surface area (Å²) in [5, 5.41) is 16.8. The topological polar surface area (TPSA) is 62.9 Å².